The molecule has 5 nitrogen and oxygen atoms in total. The van der Waals surface area contributed by atoms with Crippen LogP contribution in [0, 0.1) is 0 Å². The van der Waals surface area contributed by atoms with Crippen LogP contribution in [0.25, 0.3) is 0 Å². The maximum Gasteiger partial charge on any atom is 0.289 e. The van der Waals surface area contributed by atoms with Crippen molar-refractivity contribution < 1.29 is 9.32 Å². The van der Waals surface area contributed by atoms with E-state index in [0.717, 1.165) is 31.6 Å². The summed E-state index contributed by atoms with van der Waals surface area (Å²) in [5.41, 5.74) is 0.872. The average Bonchev–Trinajstić information content (AvgIpc) is 2.86. The van der Waals surface area contributed by atoms with Gasteiger partial charge in [0.15, 0.2) is 0 Å². The Morgan fingerprint density at radius 2 is 2.00 bits per heavy atom. The van der Waals surface area contributed by atoms with Gasteiger partial charge in [-0.3, -0.25) is 4.79 Å². The normalized spacial score (nSPS) is 10.3. The van der Waals surface area contributed by atoms with Crippen molar-refractivity contribution in [1.29, 1.82) is 0 Å². The molecule has 0 unspecified atom stereocenters. The second kappa shape index (κ2) is 9.81. The first kappa shape index (κ1) is 17.9. The highest BCUT2D eigenvalue weighted by atomic mass is 35.5. The zero-order valence-electron chi connectivity index (χ0n) is 11.9. The average molecular weight is 290 g/mol. The van der Waals surface area contributed by atoms with Gasteiger partial charge < -0.3 is 15.2 Å². The van der Waals surface area contributed by atoms with Crippen LogP contribution < -0.4 is 10.6 Å². The monoisotopic (exact) mass is 289 g/mol. The third-order valence-electron chi connectivity index (χ3n) is 2.99. The van der Waals surface area contributed by atoms with Gasteiger partial charge in [0.2, 0.25) is 5.76 Å². The molecule has 1 rings (SSSR count). The second-order valence-electron chi connectivity index (χ2n) is 4.24. The molecule has 6 heteroatoms. The van der Waals surface area contributed by atoms with Crippen LogP contribution in [0.3, 0.4) is 0 Å². The molecule has 0 fully saturated rings. The number of nitrogens with zero attached hydrogens (tertiary/aromatic N) is 1. The van der Waals surface area contributed by atoms with Crippen molar-refractivity contribution in [3.8, 4) is 0 Å². The summed E-state index contributed by atoms with van der Waals surface area (Å²) in [5, 5.41) is 9.89. The topological polar surface area (TPSA) is 67.2 Å². The molecule has 0 bridgehead atoms. The number of aromatic nitrogens is 1. The fraction of sp³-hybridized carbons (Fsp3) is 0.692. The number of carbonyl (C=O) groups is 1. The van der Waals surface area contributed by atoms with Crippen molar-refractivity contribution in [2.24, 2.45) is 0 Å². The highest BCUT2D eigenvalue weighted by Gasteiger charge is 2.16. The van der Waals surface area contributed by atoms with Crippen LogP contribution >= 0.6 is 12.4 Å². The van der Waals surface area contributed by atoms with Crippen LogP contribution in [-0.2, 0) is 0 Å². The minimum absolute atomic E-state index is 0. The summed E-state index contributed by atoms with van der Waals surface area (Å²) in [4.78, 5) is 11.7. The highest BCUT2D eigenvalue weighted by Crippen LogP contribution is 2.22. The minimum atomic E-state index is -0.197. The van der Waals surface area contributed by atoms with Crippen molar-refractivity contribution in [3.63, 3.8) is 0 Å². The van der Waals surface area contributed by atoms with Crippen LogP contribution in [-0.4, -0.2) is 30.7 Å². The predicted octanol–water partition coefficient (Wildman–Crippen LogP) is 2.34. The fourth-order valence-electron chi connectivity index (χ4n) is 1.82. The van der Waals surface area contributed by atoms with Crippen molar-refractivity contribution in [2.45, 2.75) is 39.5 Å². The molecule has 0 saturated carbocycles. The molecular formula is C13H24ClN3O2. The highest BCUT2D eigenvalue weighted by molar-refractivity contribution is 5.91. The van der Waals surface area contributed by atoms with E-state index in [-0.39, 0.29) is 18.3 Å². The Labute approximate surface area is 120 Å². The van der Waals surface area contributed by atoms with E-state index in [1.54, 1.807) is 6.07 Å². The van der Waals surface area contributed by atoms with Crippen LogP contribution in [0.5, 0.6) is 0 Å². The zero-order valence-corrected chi connectivity index (χ0v) is 12.7. The van der Waals surface area contributed by atoms with Crippen LogP contribution in [0.1, 0.15) is 55.8 Å². The van der Waals surface area contributed by atoms with Crippen LogP contribution in [0.4, 0.5) is 0 Å². The molecule has 0 spiro atoms. The summed E-state index contributed by atoms with van der Waals surface area (Å²) in [5.74, 6) is 0.475. The molecular weight excluding hydrogens is 266 g/mol. The quantitative estimate of drug-likeness (QED) is 0.721. The third-order valence-corrected chi connectivity index (χ3v) is 2.99. The van der Waals surface area contributed by atoms with E-state index in [1.165, 1.54) is 0 Å². The van der Waals surface area contributed by atoms with Crippen LogP contribution in [0.15, 0.2) is 10.6 Å². The number of halogens is 1. The summed E-state index contributed by atoms with van der Waals surface area (Å²) in [6.07, 6.45) is 2.01. The van der Waals surface area contributed by atoms with Gasteiger partial charge in [0.25, 0.3) is 5.91 Å². The summed E-state index contributed by atoms with van der Waals surface area (Å²) < 4.78 is 5.09. The Bertz CT molecular complexity index is 365. The van der Waals surface area contributed by atoms with Crippen molar-refractivity contribution in [2.75, 3.05) is 19.6 Å². The zero-order chi connectivity index (χ0) is 13.4. The van der Waals surface area contributed by atoms with E-state index < -0.39 is 0 Å². The van der Waals surface area contributed by atoms with Crippen molar-refractivity contribution >= 4 is 18.3 Å². The number of hydrogen-bond donors (Lipinski definition) is 2. The van der Waals surface area contributed by atoms with Gasteiger partial charge in [0.1, 0.15) is 0 Å². The molecule has 0 aliphatic heterocycles. The Hall–Kier alpha value is -1.07. The molecule has 1 aromatic rings. The number of hydrogen-bond acceptors (Lipinski definition) is 4. The van der Waals surface area contributed by atoms with E-state index >= 15 is 0 Å². The minimum Gasteiger partial charge on any atom is -0.351 e. The van der Waals surface area contributed by atoms with Crippen LogP contribution in [0.2, 0.25) is 0 Å². The predicted molar refractivity (Wildman–Crippen MR) is 78.0 cm³/mol. The molecule has 0 aromatic carbocycles. The molecule has 1 aromatic heterocycles. The van der Waals surface area contributed by atoms with Gasteiger partial charge in [0, 0.05) is 25.1 Å². The number of nitrogens with one attached hydrogen (secondary N) is 2. The molecule has 110 valence electrons. The van der Waals surface area contributed by atoms with E-state index in [1.807, 2.05) is 6.92 Å². The summed E-state index contributed by atoms with van der Waals surface area (Å²) in [7, 11) is 0. The van der Waals surface area contributed by atoms with E-state index in [0.29, 0.717) is 18.2 Å². The van der Waals surface area contributed by atoms with Gasteiger partial charge in [-0.1, -0.05) is 25.9 Å². The fourth-order valence-corrected chi connectivity index (χ4v) is 1.82. The standard InChI is InChI=1S/C13H23N3O2.ClH/c1-4-10(5-2)11-9-12(18-16-11)13(17)15-8-7-14-6-3;/h9-10,14H,4-8H2,1-3H3,(H,15,17);1H. The molecule has 0 saturated heterocycles. The molecule has 1 heterocycles. The maximum absolute atomic E-state index is 11.7. The molecule has 1 amide bonds. The number of amides is 1. The Kier molecular flexibility index (Phi) is 9.26. The first-order valence-corrected chi connectivity index (χ1v) is 6.68. The second-order valence-corrected chi connectivity index (χ2v) is 4.24. The summed E-state index contributed by atoms with van der Waals surface area (Å²) in [6.45, 7) is 8.50. The Morgan fingerprint density at radius 3 is 2.58 bits per heavy atom. The molecule has 0 aliphatic rings. The lowest BCUT2D eigenvalue weighted by atomic mass is 9.99. The lowest BCUT2D eigenvalue weighted by Gasteiger charge is -2.06. The first-order chi connectivity index (χ1) is 8.72. The van der Waals surface area contributed by atoms with Crippen molar-refractivity contribution in [1.82, 2.24) is 15.8 Å². The molecule has 19 heavy (non-hydrogen) atoms. The number of rotatable bonds is 8. The Morgan fingerprint density at radius 1 is 1.32 bits per heavy atom. The van der Waals surface area contributed by atoms with Gasteiger partial charge in [-0.2, -0.15) is 0 Å². The van der Waals surface area contributed by atoms with Crippen molar-refractivity contribution in [3.05, 3.63) is 17.5 Å². The largest absolute Gasteiger partial charge is 0.351 e. The van der Waals surface area contributed by atoms with Gasteiger partial charge >= 0.3 is 0 Å². The molecule has 2 N–H and O–H groups in total. The first-order valence-electron chi connectivity index (χ1n) is 6.68. The van der Waals surface area contributed by atoms with Gasteiger partial charge in [-0.25, -0.2) is 0 Å². The lowest BCUT2D eigenvalue weighted by molar-refractivity contribution is 0.0917. The van der Waals surface area contributed by atoms with E-state index in [4.69, 9.17) is 4.52 Å². The van der Waals surface area contributed by atoms with Gasteiger partial charge in [0.05, 0.1) is 5.69 Å². The van der Waals surface area contributed by atoms with E-state index in [2.05, 4.69) is 29.6 Å². The lowest BCUT2D eigenvalue weighted by Crippen LogP contribution is -2.31. The van der Waals surface area contributed by atoms with Gasteiger partial charge in [-0.05, 0) is 19.4 Å². The smallest absolute Gasteiger partial charge is 0.289 e. The molecule has 0 radical (unpaired) electrons. The number of carbonyl (C=O) groups excluding carboxylic acids is 1. The summed E-state index contributed by atoms with van der Waals surface area (Å²) in [6, 6.07) is 1.75. The molecule has 0 atom stereocenters. The maximum atomic E-state index is 11.7. The SMILES string of the molecule is CCNCCNC(=O)c1cc(C(CC)CC)no1.Cl. The number of likely N-dealkylation sites (N-methyl/N-ethyl adjacent to an activating group) is 1. The Balaban J connectivity index is 0.00000324. The third kappa shape index (κ3) is 5.61. The van der Waals surface area contributed by atoms with Gasteiger partial charge in [-0.15, -0.1) is 12.4 Å². The summed E-state index contributed by atoms with van der Waals surface area (Å²) >= 11 is 0. The molecule has 0 aliphatic carbocycles. The van der Waals surface area contributed by atoms with E-state index in [9.17, 15) is 4.79 Å².